The lowest BCUT2D eigenvalue weighted by Crippen LogP contribution is -2.11. The van der Waals surface area contributed by atoms with Crippen molar-refractivity contribution >= 4 is 15.8 Å². The van der Waals surface area contributed by atoms with Crippen molar-refractivity contribution in [2.45, 2.75) is 11.8 Å². The summed E-state index contributed by atoms with van der Waals surface area (Å²) in [5, 5.41) is 0. The molecule has 1 aliphatic rings. The number of sulfonamides is 1. The Morgan fingerprint density at radius 3 is 2.13 bits per heavy atom. The second-order valence-corrected chi connectivity index (χ2v) is 5.42. The van der Waals surface area contributed by atoms with Crippen molar-refractivity contribution < 1.29 is 13.2 Å². The summed E-state index contributed by atoms with van der Waals surface area (Å²) in [4.78, 5) is 11.2. The second-order valence-electron chi connectivity index (χ2n) is 3.48. The minimum Gasteiger partial charge on any atom is -0.295 e. The van der Waals surface area contributed by atoms with Gasteiger partial charge in [-0.1, -0.05) is 12.1 Å². The molecule has 0 bridgehead atoms. The molecule has 2 rings (SSSR count). The van der Waals surface area contributed by atoms with Crippen LogP contribution in [0.3, 0.4) is 0 Å². The van der Waals surface area contributed by atoms with Crippen molar-refractivity contribution in [3.05, 3.63) is 29.8 Å². The quantitative estimate of drug-likeness (QED) is 0.567. The van der Waals surface area contributed by atoms with Crippen molar-refractivity contribution in [3.8, 4) is 0 Å². The third kappa shape index (κ3) is 1.93. The van der Waals surface area contributed by atoms with Crippen LogP contribution in [0.4, 0.5) is 0 Å². The van der Waals surface area contributed by atoms with Crippen LogP contribution in [0.15, 0.2) is 29.2 Å². The number of rotatable bonds is 3. The molecule has 0 N–H and O–H groups in total. The van der Waals surface area contributed by atoms with Crippen molar-refractivity contribution in [2.24, 2.45) is 0 Å². The average Bonchev–Trinajstić information content (AvgIpc) is 3.01. The van der Waals surface area contributed by atoms with Crippen LogP contribution in [0.25, 0.3) is 0 Å². The number of ketones is 1. The van der Waals surface area contributed by atoms with E-state index in [2.05, 4.69) is 0 Å². The zero-order chi connectivity index (χ0) is 11.1. The summed E-state index contributed by atoms with van der Waals surface area (Å²) in [6.45, 7) is 2.64. The lowest BCUT2D eigenvalue weighted by Gasteiger charge is -2.04. The van der Waals surface area contributed by atoms with Crippen LogP contribution in [0.2, 0.25) is 0 Å². The largest absolute Gasteiger partial charge is 0.295 e. The Balaban J connectivity index is 2.35. The number of carbonyl (C=O) groups is 1. The molecule has 0 amide bonds. The van der Waals surface area contributed by atoms with Crippen LogP contribution in [-0.4, -0.2) is 31.6 Å². The van der Waals surface area contributed by atoms with Gasteiger partial charge in [0.05, 0.1) is 4.90 Å². The predicted octanol–water partition coefficient (Wildman–Crippen LogP) is 0.894. The van der Waals surface area contributed by atoms with E-state index in [1.54, 1.807) is 12.1 Å². The maximum absolute atomic E-state index is 11.7. The zero-order valence-corrected chi connectivity index (χ0v) is 9.12. The van der Waals surface area contributed by atoms with E-state index in [9.17, 15) is 13.2 Å². The van der Waals surface area contributed by atoms with Crippen LogP contribution < -0.4 is 0 Å². The van der Waals surface area contributed by atoms with E-state index in [1.807, 2.05) is 0 Å². The number of Topliss-reactive ketones (excluding diaryl/α,β-unsaturated/α-hetero) is 1. The third-order valence-corrected chi connectivity index (χ3v) is 4.22. The smallest absolute Gasteiger partial charge is 0.243 e. The topological polar surface area (TPSA) is 54.2 Å². The fraction of sp³-hybridized carbons (Fsp3) is 0.300. The Labute approximate surface area is 88.6 Å². The van der Waals surface area contributed by atoms with Gasteiger partial charge in [-0.25, -0.2) is 8.42 Å². The highest BCUT2D eigenvalue weighted by atomic mass is 32.2. The Hall–Kier alpha value is -1.20. The molecule has 1 aromatic carbocycles. The number of carbonyl (C=O) groups excluding carboxylic acids is 1. The van der Waals surface area contributed by atoms with E-state index in [0.29, 0.717) is 18.7 Å². The van der Waals surface area contributed by atoms with E-state index in [1.165, 1.54) is 23.4 Å². The minimum atomic E-state index is -3.29. The molecule has 80 valence electrons. The van der Waals surface area contributed by atoms with Gasteiger partial charge in [0, 0.05) is 18.7 Å². The maximum atomic E-state index is 11.7. The van der Waals surface area contributed by atoms with E-state index >= 15 is 0 Å². The molecule has 0 atom stereocenters. The summed E-state index contributed by atoms with van der Waals surface area (Å²) in [5.74, 6) is -0.0642. The van der Waals surface area contributed by atoms with E-state index in [-0.39, 0.29) is 10.7 Å². The molecule has 0 spiro atoms. The summed E-state index contributed by atoms with van der Waals surface area (Å²) in [7, 11) is -3.29. The third-order valence-electron chi connectivity index (χ3n) is 2.30. The van der Waals surface area contributed by atoms with Gasteiger partial charge < -0.3 is 0 Å². The highest BCUT2D eigenvalue weighted by Crippen LogP contribution is 2.21. The standard InChI is InChI=1S/C10H11NO3S/c1-8(12)9-2-4-10(5-3-9)15(13,14)11-6-7-11/h2-5H,6-7H2,1H3. The molecule has 0 saturated carbocycles. The van der Waals surface area contributed by atoms with Crippen LogP contribution in [0.1, 0.15) is 17.3 Å². The summed E-state index contributed by atoms with van der Waals surface area (Å²) < 4.78 is 24.8. The molecule has 5 heteroatoms. The van der Waals surface area contributed by atoms with Crippen molar-refractivity contribution in [1.29, 1.82) is 0 Å². The molecule has 0 aliphatic carbocycles. The molecule has 1 heterocycles. The van der Waals surface area contributed by atoms with Crippen molar-refractivity contribution in [2.75, 3.05) is 13.1 Å². The van der Waals surface area contributed by atoms with E-state index in [0.717, 1.165) is 0 Å². The van der Waals surface area contributed by atoms with Crippen molar-refractivity contribution in [1.82, 2.24) is 4.31 Å². The fourth-order valence-electron chi connectivity index (χ4n) is 1.29. The number of hydrogen-bond donors (Lipinski definition) is 0. The normalized spacial score (nSPS) is 16.3. The number of hydrogen-bond acceptors (Lipinski definition) is 3. The monoisotopic (exact) mass is 225 g/mol. The molecule has 0 unspecified atom stereocenters. The molecule has 0 aromatic heterocycles. The summed E-state index contributed by atoms with van der Waals surface area (Å²) >= 11 is 0. The van der Waals surface area contributed by atoms with Gasteiger partial charge in [-0.15, -0.1) is 0 Å². The Morgan fingerprint density at radius 2 is 1.73 bits per heavy atom. The first-order chi connectivity index (χ1) is 7.01. The van der Waals surface area contributed by atoms with Crippen LogP contribution in [-0.2, 0) is 10.0 Å². The first-order valence-corrected chi connectivity index (χ1v) is 6.07. The van der Waals surface area contributed by atoms with Gasteiger partial charge in [-0.2, -0.15) is 4.31 Å². The fourth-order valence-corrected chi connectivity index (χ4v) is 2.63. The van der Waals surface area contributed by atoms with Crippen LogP contribution >= 0.6 is 0 Å². The Bertz CT molecular complexity index is 486. The van der Waals surface area contributed by atoms with E-state index < -0.39 is 10.0 Å². The van der Waals surface area contributed by atoms with Crippen molar-refractivity contribution in [3.63, 3.8) is 0 Å². The predicted molar refractivity (Wildman–Crippen MR) is 55.2 cm³/mol. The SMILES string of the molecule is CC(=O)c1ccc(S(=O)(=O)N2CC2)cc1. The summed E-state index contributed by atoms with van der Waals surface area (Å²) in [6.07, 6.45) is 0. The molecular formula is C10H11NO3S. The van der Waals surface area contributed by atoms with Gasteiger partial charge in [-0.3, -0.25) is 4.79 Å². The molecule has 1 aromatic rings. The highest BCUT2D eigenvalue weighted by Gasteiger charge is 2.32. The minimum absolute atomic E-state index is 0.0642. The van der Waals surface area contributed by atoms with Gasteiger partial charge >= 0.3 is 0 Å². The van der Waals surface area contributed by atoms with Gasteiger partial charge in [0.1, 0.15) is 0 Å². The number of benzene rings is 1. The molecule has 1 saturated heterocycles. The lowest BCUT2D eigenvalue weighted by atomic mass is 10.2. The zero-order valence-electron chi connectivity index (χ0n) is 8.30. The molecular weight excluding hydrogens is 214 g/mol. The van der Waals surface area contributed by atoms with Crippen LogP contribution in [0.5, 0.6) is 0 Å². The molecule has 1 fully saturated rings. The molecule has 15 heavy (non-hydrogen) atoms. The molecule has 1 aliphatic heterocycles. The maximum Gasteiger partial charge on any atom is 0.243 e. The van der Waals surface area contributed by atoms with Gasteiger partial charge in [0.2, 0.25) is 10.0 Å². The van der Waals surface area contributed by atoms with E-state index in [4.69, 9.17) is 0 Å². The van der Waals surface area contributed by atoms with Gasteiger partial charge in [0.25, 0.3) is 0 Å². The Morgan fingerprint density at radius 1 is 1.20 bits per heavy atom. The number of nitrogens with zero attached hydrogens (tertiary/aromatic N) is 1. The lowest BCUT2D eigenvalue weighted by molar-refractivity contribution is 0.101. The highest BCUT2D eigenvalue weighted by molar-refractivity contribution is 7.89. The van der Waals surface area contributed by atoms with Gasteiger partial charge in [-0.05, 0) is 19.1 Å². The van der Waals surface area contributed by atoms with Crippen LogP contribution in [0, 0.1) is 0 Å². The molecule has 4 nitrogen and oxygen atoms in total. The summed E-state index contributed by atoms with van der Waals surface area (Å²) in [5.41, 5.74) is 0.528. The first-order valence-electron chi connectivity index (χ1n) is 4.63. The average molecular weight is 225 g/mol. The van der Waals surface area contributed by atoms with Gasteiger partial charge in [0.15, 0.2) is 5.78 Å². The first kappa shape index (κ1) is 10.3. The summed E-state index contributed by atoms with van der Waals surface area (Å²) in [6, 6.07) is 6.03. The molecule has 0 radical (unpaired) electrons. The second kappa shape index (κ2) is 3.43. The Kier molecular flexibility index (Phi) is 2.36.